The number of carbonyl (C=O) groups excluding carboxylic acids is 1. The lowest BCUT2D eigenvalue weighted by Gasteiger charge is -2.47. The number of fused-ring (bicyclic) bond motifs is 2. The number of carboxylic acids is 1. The van der Waals surface area contributed by atoms with Crippen LogP contribution in [-0.2, 0) is 14.3 Å². The molecule has 3 aliphatic heterocycles. The van der Waals surface area contributed by atoms with Crippen LogP contribution in [0.1, 0.15) is 82.0 Å². The molecule has 13 heteroatoms. The van der Waals surface area contributed by atoms with Crippen LogP contribution in [-0.4, -0.2) is 101 Å². The number of phenols is 1. The first-order valence-electron chi connectivity index (χ1n) is 17.7. The zero-order valence-electron chi connectivity index (χ0n) is 30.3. The quantitative estimate of drug-likeness (QED) is 0.181. The van der Waals surface area contributed by atoms with E-state index in [1.807, 2.05) is 11.8 Å². The number of aryl methyl sites for hydroxylation is 1. The SMILES string of the molecule is CC(=O)N1CC(N2CCC(C3=NC(C(C)(O)O)c4ccc(-c5nc6cc(C)c(C(OC(C)(C)C)C(=O)O)c(-c7ccc(O)cc7)c6o5)nc43)CC2)C1. The van der Waals surface area contributed by atoms with Crippen LogP contribution < -0.4 is 0 Å². The number of piperidine rings is 1. The number of aliphatic carboxylic acids is 1. The van der Waals surface area contributed by atoms with Crippen LogP contribution in [0.25, 0.3) is 33.8 Å². The third-order valence-electron chi connectivity index (χ3n) is 10.3. The minimum Gasteiger partial charge on any atom is -0.508 e. The molecule has 2 unspecified atom stereocenters. The first kappa shape index (κ1) is 35.7. The number of ether oxygens (including phenoxy) is 1. The van der Waals surface area contributed by atoms with Crippen LogP contribution in [0.3, 0.4) is 0 Å². The van der Waals surface area contributed by atoms with Gasteiger partial charge in [0.2, 0.25) is 11.8 Å². The number of aromatic hydroxyl groups is 1. The molecule has 2 aromatic heterocycles. The number of aromatic nitrogens is 2. The third-order valence-corrected chi connectivity index (χ3v) is 10.3. The number of carboxylic acid groups (broad SMARTS) is 1. The van der Waals surface area contributed by atoms with Gasteiger partial charge in [-0.25, -0.2) is 14.8 Å². The number of aliphatic imine (C=N–C) groups is 1. The van der Waals surface area contributed by atoms with Crippen LogP contribution in [0.4, 0.5) is 0 Å². The monoisotopic (exact) mass is 711 g/mol. The highest BCUT2D eigenvalue weighted by Gasteiger charge is 2.43. The number of phenolic OH excluding ortho intramolecular Hbond substituents is 1. The summed E-state index contributed by atoms with van der Waals surface area (Å²) in [5.41, 5.74) is 4.49. The molecule has 1 amide bonds. The van der Waals surface area contributed by atoms with Crippen molar-refractivity contribution >= 4 is 28.7 Å². The molecule has 0 radical (unpaired) electrons. The average Bonchev–Trinajstić information content (AvgIpc) is 3.64. The van der Waals surface area contributed by atoms with Crippen molar-refractivity contribution in [1.29, 1.82) is 0 Å². The van der Waals surface area contributed by atoms with Crippen molar-refractivity contribution in [3.05, 3.63) is 64.8 Å². The topological polar surface area (TPSA) is 182 Å². The maximum absolute atomic E-state index is 12.7. The molecule has 3 aliphatic rings. The van der Waals surface area contributed by atoms with Gasteiger partial charge in [-0.15, -0.1) is 0 Å². The Balaban J connectivity index is 1.28. The van der Waals surface area contributed by atoms with Crippen LogP contribution in [0, 0.1) is 12.8 Å². The Morgan fingerprint density at radius 2 is 1.67 bits per heavy atom. The Morgan fingerprint density at radius 3 is 2.27 bits per heavy atom. The van der Waals surface area contributed by atoms with Crippen LogP contribution in [0.15, 0.2) is 51.9 Å². The van der Waals surface area contributed by atoms with Gasteiger partial charge in [0, 0.05) is 48.7 Å². The Bertz CT molecular complexity index is 2060. The van der Waals surface area contributed by atoms with E-state index in [-0.39, 0.29) is 23.5 Å². The molecule has 4 N–H and O–H groups in total. The largest absolute Gasteiger partial charge is 0.508 e. The summed E-state index contributed by atoms with van der Waals surface area (Å²) >= 11 is 0. The molecule has 0 spiro atoms. The van der Waals surface area contributed by atoms with Gasteiger partial charge in [0.25, 0.3) is 0 Å². The van der Waals surface area contributed by atoms with Gasteiger partial charge >= 0.3 is 5.97 Å². The van der Waals surface area contributed by atoms with E-state index in [4.69, 9.17) is 24.1 Å². The second-order valence-corrected chi connectivity index (χ2v) is 15.4. The van der Waals surface area contributed by atoms with Crippen LogP contribution >= 0.6 is 0 Å². The summed E-state index contributed by atoms with van der Waals surface area (Å²) < 4.78 is 12.6. The highest BCUT2D eigenvalue weighted by Crippen LogP contribution is 2.44. The van der Waals surface area contributed by atoms with Gasteiger partial charge in [-0.05, 0) is 95.9 Å². The molecule has 7 rings (SSSR count). The molecule has 0 saturated carbocycles. The Hall–Kier alpha value is -4.69. The molecule has 0 aliphatic carbocycles. The fourth-order valence-electron chi connectivity index (χ4n) is 7.64. The predicted octanol–water partition coefficient (Wildman–Crippen LogP) is 5.00. The van der Waals surface area contributed by atoms with Gasteiger partial charge in [-0.3, -0.25) is 14.7 Å². The second-order valence-electron chi connectivity index (χ2n) is 15.4. The normalized spacial score (nSPS) is 19.4. The average molecular weight is 712 g/mol. The minimum absolute atomic E-state index is 0.0415. The number of hydrogen-bond acceptors (Lipinski definition) is 11. The number of aliphatic hydroxyl groups is 2. The first-order chi connectivity index (χ1) is 24.5. The molecular weight excluding hydrogens is 666 g/mol. The highest BCUT2D eigenvalue weighted by molar-refractivity contribution is 6.05. The molecule has 13 nitrogen and oxygen atoms in total. The molecule has 52 heavy (non-hydrogen) atoms. The summed E-state index contributed by atoms with van der Waals surface area (Å²) in [6.07, 6.45) is 0.290. The fourth-order valence-corrected chi connectivity index (χ4v) is 7.64. The van der Waals surface area contributed by atoms with Gasteiger partial charge in [0.15, 0.2) is 17.5 Å². The van der Waals surface area contributed by atoms with E-state index in [1.165, 1.54) is 19.1 Å². The highest BCUT2D eigenvalue weighted by atomic mass is 16.5. The number of likely N-dealkylation sites (tertiary alicyclic amines) is 2. The molecule has 4 aromatic rings. The van der Waals surface area contributed by atoms with Gasteiger partial charge in [-0.2, -0.15) is 0 Å². The van der Waals surface area contributed by atoms with E-state index in [0.29, 0.717) is 56.3 Å². The molecule has 2 fully saturated rings. The number of oxazole rings is 1. The number of pyridine rings is 1. The molecule has 2 saturated heterocycles. The van der Waals surface area contributed by atoms with Crippen molar-refractivity contribution in [3.63, 3.8) is 0 Å². The lowest BCUT2D eigenvalue weighted by Crippen LogP contribution is -2.61. The van der Waals surface area contributed by atoms with E-state index in [2.05, 4.69) is 4.90 Å². The zero-order valence-corrected chi connectivity index (χ0v) is 30.3. The summed E-state index contributed by atoms with van der Waals surface area (Å²) in [6, 6.07) is 11.1. The van der Waals surface area contributed by atoms with E-state index >= 15 is 0 Å². The van der Waals surface area contributed by atoms with E-state index in [1.54, 1.807) is 58.0 Å². The molecule has 274 valence electrons. The van der Waals surface area contributed by atoms with Gasteiger partial charge in [0.1, 0.15) is 23.0 Å². The van der Waals surface area contributed by atoms with Crippen molar-refractivity contribution < 1.29 is 39.2 Å². The number of amides is 1. The number of benzene rings is 2. The summed E-state index contributed by atoms with van der Waals surface area (Å²) in [5, 5.41) is 41.9. The van der Waals surface area contributed by atoms with Crippen molar-refractivity contribution in [2.24, 2.45) is 10.9 Å². The fraction of sp³-hybridized carbons (Fsp3) is 0.462. The minimum atomic E-state index is -2.11. The Labute approximate surface area is 301 Å². The maximum Gasteiger partial charge on any atom is 0.337 e. The zero-order chi connectivity index (χ0) is 37.3. The maximum atomic E-state index is 12.7. The van der Waals surface area contributed by atoms with Gasteiger partial charge in [-0.1, -0.05) is 18.2 Å². The van der Waals surface area contributed by atoms with Crippen LogP contribution in [0.2, 0.25) is 0 Å². The lowest BCUT2D eigenvalue weighted by molar-refractivity contribution is -0.161. The van der Waals surface area contributed by atoms with Gasteiger partial charge in [0.05, 0.1) is 17.0 Å². The molecule has 2 aromatic carbocycles. The third kappa shape index (κ3) is 6.69. The number of nitrogens with zero attached hydrogens (tertiary/aromatic N) is 5. The first-order valence-corrected chi connectivity index (χ1v) is 17.7. The molecule has 2 atom stereocenters. The second kappa shape index (κ2) is 13.1. The lowest BCUT2D eigenvalue weighted by atomic mass is 9.88. The Kier molecular flexibility index (Phi) is 8.97. The van der Waals surface area contributed by atoms with Crippen molar-refractivity contribution in [2.75, 3.05) is 26.2 Å². The van der Waals surface area contributed by atoms with E-state index < -0.39 is 29.5 Å². The summed E-state index contributed by atoms with van der Waals surface area (Å²) in [6.45, 7) is 13.2. The van der Waals surface area contributed by atoms with E-state index in [0.717, 1.165) is 44.7 Å². The smallest absolute Gasteiger partial charge is 0.337 e. The van der Waals surface area contributed by atoms with Crippen molar-refractivity contribution in [3.8, 4) is 28.5 Å². The number of carbonyl (C=O) groups is 2. The number of rotatable bonds is 8. The number of hydrogen-bond donors (Lipinski definition) is 4. The standard InChI is InChI=1S/C39H45N5O8/c1-20-17-28-33(30(22-7-9-25(46)10-8-22)29(20)34(37(47)48)52-38(3,4)5)51-36(41-28)27-12-11-26-32(40-27)31(42-35(26)39(6,49)50)23-13-15-43(16-14-23)24-18-44(19-24)21(2)45/h7-12,17,23-24,34-35,46,49-50H,13-16,18-19H2,1-6H3,(H,47,48). The summed E-state index contributed by atoms with van der Waals surface area (Å²) in [4.78, 5) is 43.4. The van der Waals surface area contributed by atoms with Gasteiger partial charge < -0.3 is 34.5 Å². The summed E-state index contributed by atoms with van der Waals surface area (Å²) in [7, 11) is 0. The van der Waals surface area contributed by atoms with E-state index in [9.17, 15) is 30.0 Å². The molecular formula is C39H45N5O8. The molecule has 5 heterocycles. The predicted molar refractivity (Wildman–Crippen MR) is 193 cm³/mol. The Morgan fingerprint density at radius 1 is 1.00 bits per heavy atom. The molecule has 0 bridgehead atoms. The van der Waals surface area contributed by atoms with Crippen molar-refractivity contribution in [2.45, 2.75) is 84.0 Å². The summed E-state index contributed by atoms with van der Waals surface area (Å²) in [5.74, 6) is -2.87. The van der Waals surface area contributed by atoms with Crippen molar-refractivity contribution in [1.82, 2.24) is 19.8 Å². The van der Waals surface area contributed by atoms with Crippen LogP contribution in [0.5, 0.6) is 5.75 Å².